The Kier molecular flexibility index (Phi) is 26.7. The number of carbonyl (C=O) groups is 10. The van der Waals surface area contributed by atoms with Gasteiger partial charge in [-0.3, -0.25) is 48.1 Å². The van der Waals surface area contributed by atoms with Crippen LogP contribution in [0.25, 0.3) is 0 Å². The highest BCUT2D eigenvalue weighted by Gasteiger charge is 2.41. The maximum Gasteiger partial charge on any atom is 0.326 e. The van der Waals surface area contributed by atoms with E-state index in [-0.39, 0.29) is 50.7 Å². The number of likely N-dealkylation sites (tertiary alicyclic amines) is 1. The van der Waals surface area contributed by atoms with E-state index in [1.807, 2.05) is 6.92 Å². The molecule has 1 aliphatic heterocycles. The first-order chi connectivity index (χ1) is 31.9. The van der Waals surface area contributed by atoms with E-state index in [0.717, 1.165) is 0 Å². The predicted octanol–water partition coefficient (Wildman–Crippen LogP) is -4.44. The van der Waals surface area contributed by atoms with Gasteiger partial charge in [-0.2, -0.15) is 0 Å². The van der Waals surface area contributed by atoms with E-state index in [0.29, 0.717) is 32.2 Å². The van der Waals surface area contributed by atoms with Gasteiger partial charge in [0, 0.05) is 19.5 Å². The Labute approximate surface area is 396 Å². The van der Waals surface area contributed by atoms with Crippen LogP contribution in [0.15, 0.2) is 4.99 Å². The van der Waals surface area contributed by atoms with Crippen molar-refractivity contribution in [2.45, 2.75) is 160 Å². The van der Waals surface area contributed by atoms with Crippen LogP contribution in [0, 0.1) is 11.8 Å². The molecular weight excluding hydrogens is 895 g/mol. The number of amides is 8. The Hall–Kier alpha value is -6.15. The summed E-state index contributed by atoms with van der Waals surface area (Å²) in [4.78, 5) is 136. The number of aliphatic hydroxyl groups is 1. The van der Waals surface area contributed by atoms with Crippen LogP contribution < -0.4 is 60.2 Å². The van der Waals surface area contributed by atoms with Gasteiger partial charge in [0.15, 0.2) is 5.96 Å². The fraction of sp³-hybridized carbons (Fsp3) is 0.738. The van der Waals surface area contributed by atoms with Crippen LogP contribution in [0.3, 0.4) is 0 Å². The van der Waals surface area contributed by atoms with E-state index in [1.165, 1.54) is 18.7 Å². The van der Waals surface area contributed by atoms with E-state index < -0.39 is 139 Å². The molecule has 26 nitrogen and oxygen atoms in total. The van der Waals surface area contributed by atoms with Gasteiger partial charge in [-0.15, -0.1) is 0 Å². The van der Waals surface area contributed by atoms with Crippen LogP contribution in [0.1, 0.15) is 106 Å². The Morgan fingerprint density at radius 3 is 1.76 bits per heavy atom. The molecule has 0 saturated carbocycles. The van der Waals surface area contributed by atoms with Gasteiger partial charge >= 0.3 is 11.9 Å². The molecule has 1 heterocycles. The highest BCUT2D eigenvalue weighted by molar-refractivity contribution is 5.98. The minimum atomic E-state index is -1.71. The fourth-order valence-electron chi connectivity index (χ4n) is 6.97. The molecule has 1 fully saturated rings. The number of carbonyl (C=O) groups excluding carboxylic acids is 8. The number of unbranched alkanes of at least 4 members (excludes halogenated alkanes) is 1. The van der Waals surface area contributed by atoms with E-state index in [9.17, 15) is 63.3 Å². The molecule has 26 heteroatoms. The lowest BCUT2D eigenvalue weighted by atomic mass is 9.97. The summed E-state index contributed by atoms with van der Waals surface area (Å²) in [5.41, 5.74) is 22.0. The Bertz CT molecular complexity index is 1780. The Balaban J connectivity index is 3.29. The first kappa shape index (κ1) is 59.9. The van der Waals surface area contributed by atoms with Crippen molar-refractivity contribution in [3.05, 3.63) is 0 Å². The van der Waals surface area contributed by atoms with E-state index >= 15 is 0 Å². The quantitative estimate of drug-likeness (QED) is 0.0177. The topological polar surface area (TPSA) is 435 Å². The van der Waals surface area contributed by atoms with Crippen molar-refractivity contribution in [2.75, 3.05) is 26.2 Å². The minimum absolute atomic E-state index is 0.0269. The number of nitrogens with one attached hydrogen (secondary N) is 7. The molecule has 1 rings (SSSR count). The lowest BCUT2D eigenvalue weighted by Gasteiger charge is -2.33. The number of aliphatic carboxylic acids is 2. The van der Waals surface area contributed by atoms with Crippen LogP contribution in [-0.2, 0) is 47.9 Å². The monoisotopic (exact) mass is 970 g/mol. The molecule has 0 aromatic rings. The third-order valence-electron chi connectivity index (χ3n) is 11.3. The lowest BCUT2D eigenvalue weighted by Crippen LogP contribution is -2.61. The first-order valence-corrected chi connectivity index (χ1v) is 22.9. The maximum absolute atomic E-state index is 13.8. The van der Waals surface area contributed by atoms with E-state index in [1.54, 1.807) is 20.8 Å². The second-order valence-corrected chi connectivity index (χ2v) is 17.2. The first-order valence-electron chi connectivity index (χ1n) is 22.9. The molecule has 386 valence electrons. The summed E-state index contributed by atoms with van der Waals surface area (Å²) in [7, 11) is 0. The molecule has 0 spiro atoms. The maximum atomic E-state index is 13.8. The van der Waals surface area contributed by atoms with Crippen molar-refractivity contribution >= 4 is 65.2 Å². The average Bonchev–Trinajstić information content (AvgIpc) is 3.77. The van der Waals surface area contributed by atoms with Gasteiger partial charge in [0.1, 0.15) is 48.3 Å². The molecule has 0 aromatic carbocycles. The van der Waals surface area contributed by atoms with Crippen LogP contribution in [-0.4, -0.2) is 166 Å². The van der Waals surface area contributed by atoms with E-state index in [4.69, 9.17) is 22.9 Å². The third kappa shape index (κ3) is 20.4. The molecule has 0 radical (unpaired) electrons. The number of hydrogen-bond donors (Lipinski definition) is 14. The smallest absolute Gasteiger partial charge is 0.326 e. The zero-order valence-corrected chi connectivity index (χ0v) is 39.9. The number of rotatable bonds is 31. The summed E-state index contributed by atoms with van der Waals surface area (Å²) in [5, 5.41) is 46.4. The highest BCUT2D eigenvalue weighted by Crippen LogP contribution is 2.22. The summed E-state index contributed by atoms with van der Waals surface area (Å²) < 4.78 is 0. The van der Waals surface area contributed by atoms with Gasteiger partial charge in [0.2, 0.25) is 47.3 Å². The van der Waals surface area contributed by atoms with Crippen molar-refractivity contribution in [3.63, 3.8) is 0 Å². The predicted molar refractivity (Wildman–Crippen MR) is 246 cm³/mol. The molecule has 10 atom stereocenters. The van der Waals surface area contributed by atoms with Crippen molar-refractivity contribution in [2.24, 2.45) is 39.8 Å². The normalized spacial score (nSPS) is 17.3. The molecular formula is C42H75N13O13. The Morgan fingerprint density at radius 2 is 1.24 bits per heavy atom. The zero-order valence-electron chi connectivity index (χ0n) is 39.9. The highest BCUT2D eigenvalue weighted by atomic mass is 16.4. The number of aliphatic imine (C=N–C) groups is 1. The van der Waals surface area contributed by atoms with Crippen LogP contribution >= 0.6 is 0 Å². The molecule has 1 saturated heterocycles. The molecule has 8 amide bonds. The molecule has 0 aromatic heterocycles. The van der Waals surface area contributed by atoms with Crippen molar-refractivity contribution in [3.8, 4) is 0 Å². The summed E-state index contributed by atoms with van der Waals surface area (Å²) in [6.45, 7) is 9.05. The van der Waals surface area contributed by atoms with Crippen LogP contribution in [0.4, 0.5) is 0 Å². The van der Waals surface area contributed by atoms with Gasteiger partial charge in [-0.05, 0) is 83.6 Å². The summed E-state index contributed by atoms with van der Waals surface area (Å²) in [6, 6.07) is -11.6. The van der Waals surface area contributed by atoms with Gasteiger partial charge < -0.3 is 80.4 Å². The van der Waals surface area contributed by atoms with Crippen LogP contribution in [0.2, 0.25) is 0 Å². The summed E-state index contributed by atoms with van der Waals surface area (Å²) in [6.07, 6.45) is 0.947. The standard InChI is InChI=1S/C42H75N13O13/c1-7-22(4)32(54-33(59)23(5)44)40(66)55-19-11-14-29(55)38(64)53-31(21(2)3)39(65)52-28(20-56)37(63)49-25(13-10-18-47-42(45)46)36(62)50-26(15-16-30(57)58)35(61)48-24(6)34(60)51-27(41(67)68)12-8-9-17-43/h21-29,31-32,56H,7-20,43-44H2,1-6H3,(H,48,61)(H,49,63)(H,50,62)(H,51,60)(H,52,65)(H,53,64)(H,54,59)(H,57,58)(H,67,68)(H4,45,46,47)/t22-,23-,24-,25-,26-,27-,28-,29-,31-,32-/m0/s1. The van der Waals surface area contributed by atoms with Gasteiger partial charge in [0.05, 0.1) is 12.6 Å². The zero-order chi connectivity index (χ0) is 51.8. The molecule has 1 aliphatic rings. The summed E-state index contributed by atoms with van der Waals surface area (Å²) >= 11 is 0. The average molecular weight is 970 g/mol. The molecule has 0 bridgehead atoms. The van der Waals surface area contributed by atoms with E-state index in [2.05, 4.69) is 42.2 Å². The second-order valence-electron chi connectivity index (χ2n) is 17.2. The largest absolute Gasteiger partial charge is 0.481 e. The number of guanidine groups is 1. The fourth-order valence-corrected chi connectivity index (χ4v) is 6.97. The SMILES string of the molecule is CC[C@H](C)[C@H](NC(=O)[C@H](C)N)C(=O)N1CCC[C@H]1C(=O)N[C@H](C(=O)N[C@@H](CO)C(=O)N[C@@H](CCCN=C(N)N)C(=O)N[C@@H](CCC(=O)O)C(=O)N[C@@H](C)C(=O)N[C@@H](CCCCN)C(=O)O)C(C)C. The lowest BCUT2D eigenvalue weighted by molar-refractivity contribution is -0.143. The minimum Gasteiger partial charge on any atom is -0.481 e. The number of nitrogens with zero attached hydrogens (tertiary/aromatic N) is 2. The third-order valence-corrected chi connectivity index (χ3v) is 11.3. The van der Waals surface area contributed by atoms with Crippen molar-refractivity contribution < 1.29 is 63.3 Å². The number of nitrogens with two attached hydrogens (primary N) is 4. The van der Waals surface area contributed by atoms with Gasteiger partial charge in [-0.25, -0.2) is 4.79 Å². The number of aliphatic hydroxyl groups excluding tert-OH is 1. The summed E-state index contributed by atoms with van der Waals surface area (Å²) in [5.74, 6) is -10.4. The Morgan fingerprint density at radius 1 is 0.676 bits per heavy atom. The molecule has 0 unspecified atom stereocenters. The molecule has 0 aliphatic carbocycles. The number of hydrogen-bond acceptors (Lipinski definition) is 14. The number of carboxylic acids is 2. The van der Waals surface area contributed by atoms with Gasteiger partial charge in [-0.1, -0.05) is 34.1 Å². The molecule has 68 heavy (non-hydrogen) atoms. The number of carboxylic acid groups (broad SMARTS) is 2. The van der Waals surface area contributed by atoms with Crippen molar-refractivity contribution in [1.29, 1.82) is 0 Å². The van der Waals surface area contributed by atoms with Crippen LogP contribution in [0.5, 0.6) is 0 Å². The second kappa shape index (κ2) is 30.3. The van der Waals surface area contributed by atoms with Gasteiger partial charge in [0.25, 0.3) is 0 Å². The molecule has 18 N–H and O–H groups in total. The van der Waals surface area contributed by atoms with Crippen molar-refractivity contribution in [1.82, 2.24) is 42.1 Å².